The number of hydrogen-bond donors (Lipinski definition) is 1. The minimum absolute atomic E-state index is 0.00910. The van der Waals surface area contributed by atoms with E-state index in [4.69, 9.17) is 5.26 Å². The Hall–Kier alpha value is -3.68. The number of aromatic nitrogens is 1. The largest absolute Gasteiger partial charge is 0.359 e. The van der Waals surface area contributed by atoms with Gasteiger partial charge in [0.05, 0.1) is 18.8 Å². The number of benzene rings is 1. The van der Waals surface area contributed by atoms with Crippen molar-refractivity contribution >= 4 is 28.1 Å². The number of alkyl halides is 3. The molecule has 1 saturated heterocycles. The second kappa shape index (κ2) is 11.8. The standard InChI is InChI=1S/C20H21F8N3OS.C6H7FN2O/c1-31(16-2-4-17(5-3-16)33(24,25,26,27)28)18(13-10-14(21)12-29-11-13)19(32)30-15-6-8-20(22,23)9-7-15;7-5-1-6(3-10)9(2-5)4-8/h2-5,10-12,15,18H,6-9H2,1H3,(H,30,32);3,5-6H,1-2H2. The van der Waals surface area contributed by atoms with Crippen LogP contribution in [0.15, 0.2) is 47.6 Å². The van der Waals surface area contributed by atoms with Gasteiger partial charge in [0.25, 0.3) is 0 Å². The Kier molecular flexibility index (Phi) is 9.26. The quantitative estimate of drug-likeness (QED) is 0.202. The van der Waals surface area contributed by atoms with Gasteiger partial charge in [0.1, 0.15) is 29.2 Å². The Morgan fingerprint density at radius 2 is 1.77 bits per heavy atom. The molecule has 1 aliphatic heterocycles. The Balaban J connectivity index is 0.000000428. The molecule has 1 aromatic heterocycles. The average Bonchev–Trinajstić information content (AvgIpc) is 3.29. The molecule has 17 heteroatoms. The van der Waals surface area contributed by atoms with Crippen molar-refractivity contribution in [3.63, 3.8) is 0 Å². The summed E-state index contributed by atoms with van der Waals surface area (Å²) in [5, 5.41) is 11.0. The fourth-order valence-electron chi connectivity index (χ4n) is 4.74. The number of hydrogen-bond acceptors (Lipinski definition) is 6. The van der Waals surface area contributed by atoms with E-state index in [-0.39, 0.29) is 49.2 Å². The molecule has 3 atom stereocenters. The Morgan fingerprint density at radius 3 is 2.26 bits per heavy atom. The second-order valence-corrected chi connectivity index (χ2v) is 12.7. The molecule has 2 aromatic rings. The zero-order valence-corrected chi connectivity index (χ0v) is 23.4. The lowest BCUT2D eigenvalue weighted by atomic mass is 9.92. The van der Waals surface area contributed by atoms with Crippen molar-refractivity contribution < 1.29 is 46.6 Å². The Morgan fingerprint density at radius 1 is 1.16 bits per heavy atom. The summed E-state index contributed by atoms with van der Waals surface area (Å²) >= 11 is 0. The lowest BCUT2D eigenvalue weighted by Crippen LogP contribution is -2.46. The van der Waals surface area contributed by atoms with Crippen molar-refractivity contribution in [1.82, 2.24) is 15.2 Å². The highest BCUT2D eigenvalue weighted by molar-refractivity contribution is 8.45. The van der Waals surface area contributed by atoms with Gasteiger partial charge in [0, 0.05) is 49.8 Å². The van der Waals surface area contributed by atoms with E-state index in [2.05, 4.69) is 10.3 Å². The topological polar surface area (TPSA) is 89.3 Å². The molecule has 1 saturated carbocycles. The monoisotopic (exact) mass is 645 g/mol. The molecular weight excluding hydrogens is 617 g/mol. The number of nitrogens with zero attached hydrogens (tertiary/aromatic N) is 4. The minimum Gasteiger partial charge on any atom is -0.359 e. The fraction of sp³-hybridized carbons (Fsp3) is 0.462. The number of carbonyl (C=O) groups excluding carboxylic acids is 2. The van der Waals surface area contributed by atoms with Crippen molar-refractivity contribution in [3.05, 3.63) is 54.1 Å². The summed E-state index contributed by atoms with van der Waals surface area (Å²) in [7, 11) is -8.58. The predicted molar refractivity (Wildman–Crippen MR) is 140 cm³/mol. The van der Waals surface area contributed by atoms with Gasteiger partial charge in [0.2, 0.25) is 11.8 Å². The molecule has 4 rings (SSSR count). The van der Waals surface area contributed by atoms with Crippen LogP contribution in [0.4, 0.5) is 42.7 Å². The van der Waals surface area contributed by atoms with E-state index in [0.29, 0.717) is 6.29 Å². The van der Waals surface area contributed by atoms with Gasteiger partial charge in [-0.3, -0.25) is 14.7 Å². The molecule has 1 N–H and O–H groups in total. The molecule has 2 fully saturated rings. The number of nitriles is 1. The third kappa shape index (κ3) is 9.15. The molecule has 2 heterocycles. The maximum Gasteiger partial charge on any atom is 0.310 e. The summed E-state index contributed by atoms with van der Waals surface area (Å²) in [5.74, 6) is -4.33. The molecule has 2 aliphatic rings. The van der Waals surface area contributed by atoms with E-state index in [0.717, 1.165) is 29.3 Å². The van der Waals surface area contributed by atoms with Gasteiger partial charge in [-0.1, -0.05) is 19.4 Å². The van der Waals surface area contributed by atoms with Gasteiger partial charge in [-0.15, -0.1) is 0 Å². The number of pyridine rings is 1. The van der Waals surface area contributed by atoms with Crippen LogP contribution in [0.25, 0.3) is 0 Å². The molecule has 43 heavy (non-hydrogen) atoms. The van der Waals surface area contributed by atoms with Crippen molar-refractivity contribution in [3.8, 4) is 6.19 Å². The van der Waals surface area contributed by atoms with Crippen LogP contribution in [0.3, 0.4) is 0 Å². The molecule has 3 unspecified atom stereocenters. The number of likely N-dealkylation sites (N-methyl/N-ethyl adjacent to an activating group) is 1. The number of aldehydes is 1. The first-order valence-electron chi connectivity index (χ1n) is 12.8. The summed E-state index contributed by atoms with van der Waals surface area (Å²) in [6, 6.07) is 0.505. The first kappa shape index (κ1) is 33.8. The van der Waals surface area contributed by atoms with Gasteiger partial charge < -0.3 is 15.0 Å². The third-order valence-corrected chi connectivity index (χ3v) is 8.17. The van der Waals surface area contributed by atoms with Crippen LogP contribution in [0.5, 0.6) is 0 Å². The first-order chi connectivity index (χ1) is 19.7. The van der Waals surface area contributed by atoms with Crippen molar-refractivity contribution in [1.29, 1.82) is 5.26 Å². The highest BCUT2D eigenvalue weighted by Crippen LogP contribution is 3.02. The second-order valence-electron chi connectivity index (χ2n) is 10.3. The molecule has 238 valence electrons. The number of amides is 1. The van der Waals surface area contributed by atoms with E-state index in [1.54, 1.807) is 6.19 Å². The first-order valence-corrected chi connectivity index (χ1v) is 14.8. The highest BCUT2D eigenvalue weighted by Gasteiger charge is 2.65. The summed E-state index contributed by atoms with van der Waals surface area (Å²) < 4.78 is 118. The third-order valence-electron chi connectivity index (χ3n) is 7.01. The minimum atomic E-state index is -9.88. The zero-order chi connectivity index (χ0) is 32.3. The molecule has 1 amide bonds. The smallest absolute Gasteiger partial charge is 0.310 e. The lowest BCUT2D eigenvalue weighted by Gasteiger charge is -2.40. The number of rotatable bonds is 7. The van der Waals surface area contributed by atoms with Crippen LogP contribution in [0, 0.1) is 17.3 Å². The van der Waals surface area contributed by atoms with Crippen molar-refractivity contribution in [2.75, 3.05) is 18.5 Å². The Bertz CT molecular complexity index is 1350. The van der Waals surface area contributed by atoms with E-state index < -0.39 is 69.9 Å². The van der Waals surface area contributed by atoms with E-state index in [9.17, 15) is 46.6 Å². The van der Waals surface area contributed by atoms with E-state index in [1.807, 2.05) is 0 Å². The van der Waals surface area contributed by atoms with Crippen LogP contribution < -0.4 is 10.2 Å². The van der Waals surface area contributed by atoms with Gasteiger partial charge in [0.15, 0.2) is 6.19 Å². The Labute approximate surface area is 241 Å². The van der Waals surface area contributed by atoms with Crippen LogP contribution in [0.1, 0.15) is 43.7 Å². The highest BCUT2D eigenvalue weighted by atomic mass is 32.5. The van der Waals surface area contributed by atoms with Gasteiger partial charge in [-0.25, -0.2) is 17.6 Å². The summed E-state index contributed by atoms with van der Waals surface area (Å²) in [6.45, 7) is 0.0694. The molecule has 1 aliphatic carbocycles. The van der Waals surface area contributed by atoms with Crippen molar-refractivity contribution in [2.24, 2.45) is 0 Å². The fourth-order valence-corrected chi connectivity index (χ4v) is 5.39. The van der Waals surface area contributed by atoms with Crippen LogP contribution in [-0.4, -0.2) is 59.8 Å². The molecule has 1 aromatic carbocycles. The van der Waals surface area contributed by atoms with E-state index in [1.165, 1.54) is 18.1 Å². The molecular formula is C26H28F9N5O2S. The maximum atomic E-state index is 13.8. The molecule has 0 bridgehead atoms. The predicted octanol–water partition coefficient (Wildman–Crippen LogP) is 6.83. The van der Waals surface area contributed by atoms with Crippen LogP contribution in [0.2, 0.25) is 0 Å². The number of halogens is 9. The molecule has 0 spiro atoms. The molecule has 7 nitrogen and oxygen atoms in total. The van der Waals surface area contributed by atoms with Crippen molar-refractivity contribution in [2.45, 2.75) is 67.2 Å². The van der Waals surface area contributed by atoms with Gasteiger partial charge in [-0.2, -0.15) is 5.26 Å². The van der Waals surface area contributed by atoms with E-state index >= 15 is 0 Å². The van der Waals surface area contributed by atoms with Gasteiger partial charge >= 0.3 is 10.2 Å². The van der Waals surface area contributed by atoms with Crippen LogP contribution in [-0.2, 0) is 9.59 Å². The van der Waals surface area contributed by atoms with Gasteiger partial charge in [-0.05, 0) is 43.2 Å². The lowest BCUT2D eigenvalue weighted by molar-refractivity contribution is -0.124. The summed E-state index contributed by atoms with van der Waals surface area (Å²) in [5.41, 5.74) is -0.00637. The number of anilines is 1. The number of likely N-dealkylation sites (tertiary alicyclic amines) is 1. The van der Waals surface area contributed by atoms with Crippen LogP contribution >= 0.6 is 10.2 Å². The average molecular weight is 646 g/mol. The molecule has 0 radical (unpaired) electrons. The SMILES string of the molecule is CN(c1ccc(S(F)(F)(F)(F)F)cc1)C(C(=O)NC1CCC(F)(F)CC1)c1cncc(F)c1.N#CN1CC(F)CC1C=O. The summed E-state index contributed by atoms with van der Waals surface area (Å²) in [6.07, 6.45) is 2.74. The normalized spacial score (nSPS) is 22.6. The number of nitrogens with one attached hydrogen (secondary N) is 1. The summed E-state index contributed by atoms with van der Waals surface area (Å²) in [4.78, 5) is 27.1. The zero-order valence-electron chi connectivity index (χ0n) is 22.6. The maximum absolute atomic E-state index is 13.8. The number of carbonyl (C=O) groups is 2.